The highest BCUT2D eigenvalue weighted by atomic mass is 32.2. The topological polar surface area (TPSA) is 127 Å². The summed E-state index contributed by atoms with van der Waals surface area (Å²) in [6, 6.07) is 5.78. The van der Waals surface area contributed by atoms with Crippen LogP contribution < -0.4 is 10.1 Å². The van der Waals surface area contributed by atoms with Crippen LogP contribution >= 0.6 is 0 Å². The molecule has 0 radical (unpaired) electrons. The van der Waals surface area contributed by atoms with Gasteiger partial charge in [-0.05, 0) is 37.9 Å². The number of aliphatic hydroxyl groups is 1. The van der Waals surface area contributed by atoms with Crippen LogP contribution in [0.3, 0.4) is 0 Å². The van der Waals surface area contributed by atoms with Crippen molar-refractivity contribution < 1.29 is 37.3 Å². The molecule has 37 heavy (non-hydrogen) atoms. The molecule has 4 atom stereocenters. The molecule has 1 aromatic carbocycles. The Bertz CT molecular complexity index is 988. The molecular formula is C25H39N3O8S. The monoisotopic (exact) mass is 541 g/mol. The first-order chi connectivity index (χ1) is 17.9. The van der Waals surface area contributed by atoms with E-state index >= 15 is 0 Å². The predicted molar refractivity (Wildman–Crippen MR) is 135 cm³/mol. The van der Waals surface area contributed by atoms with E-state index in [4.69, 9.17) is 18.9 Å². The molecule has 3 fully saturated rings. The van der Waals surface area contributed by atoms with Crippen molar-refractivity contribution in [1.82, 2.24) is 14.5 Å². The molecule has 12 heteroatoms. The fourth-order valence-corrected chi connectivity index (χ4v) is 6.85. The van der Waals surface area contributed by atoms with E-state index in [9.17, 15) is 18.3 Å². The second kappa shape index (κ2) is 13.3. The number of benzene rings is 1. The molecule has 0 spiro atoms. The van der Waals surface area contributed by atoms with Gasteiger partial charge in [-0.25, -0.2) is 8.42 Å². The normalized spacial score (nSPS) is 28.1. The second-order valence-electron chi connectivity index (χ2n) is 9.75. The molecule has 3 saturated heterocycles. The number of fused-ring (bicyclic) bond motifs is 1. The number of methoxy groups -OCH3 is 1. The summed E-state index contributed by atoms with van der Waals surface area (Å²) >= 11 is 0. The summed E-state index contributed by atoms with van der Waals surface area (Å²) in [5.41, 5.74) is 0. The fourth-order valence-electron chi connectivity index (χ4n) is 5.10. The van der Waals surface area contributed by atoms with Crippen LogP contribution in [0.15, 0.2) is 29.2 Å². The number of amides is 1. The Balaban J connectivity index is 1.34. The first kappa shape index (κ1) is 28.2. The molecule has 1 aromatic rings. The largest absolute Gasteiger partial charge is 0.497 e. The van der Waals surface area contributed by atoms with E-state index in [1.807, 2.05) is 0 Å². The molecule has 3 heterocycles. The summed E-state index contributed by atoms with van der Waals surface area (Å²) < 4.78 is 51.0. The van der Waals surface area contributed by atoms with Crippen LogP contribution in [-0.4, -0.2) is 119 Å². The lowest BCUT2D eigenvalue weighted by atomic mass is 9.96. The lowest BCUT2D eigenvalue weighted by molar-refractivity contribution is -0.146. The average Bonchev–Trinajstić information content (AvgIpc) is 2.89. The zero-order valence-corrected chi connectivity index (χ0v) is 22.2. The van der Waals surface area contributed by atoms with Gasteiger partial charge in [0.05, 0.1) is 69.2 Å². The number of nitrogens with zero attached hydrogens (tertiary/aromatic N) is 2. The van der Waals surface area contributed by atoms with Crippen LogP contribution in [-0.2, 0) is 29.0 Å². The van der Waals surface area contributed by atoms with Gasteiger partial charge in [0.15, 0.2) is 0 Å². The van der Waals surface area contributed by atoms with Crippen LogP contribution in [0.4, 0.5) is 0 Å². The van der Waals surface area contributed by atoms with Gasteiger partial charge in [-0.15, -0.1) is 0 Å². The van der Waals surface area contributed by atoms with E-state index in [1.54, 1.807) is 12.1 Å². The molecule has 0 saturated carbocycles. The predicted octanol–water partition coefficient (Wildman–Crippen LogP) is 0.222. The van der Waals surface area contributed by atoms with E-state index in [-0.39, 0.29) is 43.1 Å². The van der Waals surface area contributed by atoms with Crippen LogP contribution in [0.25, 0.3) is 0 Å². The van der Waals surface area contributed by atoms with Crippen LogP contribution in [0.2, 0.25) is 0 Å². The van der Waals surface area contributed by atoms with Crippen molar-refractivity contribution in [2.75, 3.05) is 66.3 Å². The first-order valence-corrected chi connectivity index (χ1v) is 14.4. The third-order valence-electron chi connectivity index (χ3n) is 7.07. The maximum absolute atomic E-state index is 13.6. The molecule has 3 aliphatic heterocycles. The fraction of sp³-hybridized carbons (Fsp3) is 0.720. The molecule has 2 N–H and O–H groups in total. The standard InChI is InChI=1S/C25H39N3O8S/c1-33-20-4-2-5-22(14-20)37(31,32)28-16-19(29)17-35-18-24-23(28)7-6-21(36-24)15-25(30)26-8-3-9-27-10-12-34-13-11-27/h2,4-5,14,19,21,23-24,29H,3,6-13,15-18H2,1H3,(H,26,30)/t19-,21-,23-,24+/m0/s1. The van der Waals surface area contributed by atoms with Gasteiger partial charge < -0.3 is 29.4 Å². The number of rotatable bonds is 9. The minimum Gasteiger partial charge on any atom is -0.497 e. The summed E-state index contributed by atoms with van der Waals surface area (Å²) in [7, 11) is -2.46. The molecule has 0 aliphatic carbocycles. The van der Waals surface area contributed by atoms with E-state index in [0.29, 0.717) is 25.1 Å². The molecule has 3 aliphatic rings. The van der Waals surface area contributed by atoms with E-state index in [1.165, 1.54) is 23.5 Å². The lowest BCUT2D eigenvalue weighted by Crippen LogP contribution is -2.57. The van der Waals surface area contributed by atoms with Crippen LogP contribution in [0.1, 0.15) is 25.7 Å². The Labute approximate surface area is 219 Å². The number of hydrogen-bond donors (Lipinski definition) is 2. The Morgan fingerprint density at radius 2 is 2.00 bits per heavy atom. The summed E-state index contributed by atoms with van der Waals surface area (Å²) in [6.45, 7) is 4.94. The lowest BCUT2D eigenvalue weighted by Gasteiger charge is -2.43. The van der Waals surface area contributed by atoms with E-state index < -0.39 is 28.3 Å². The number of hydrogen-bond acceptors (Lipinski definition) is 9. The minimum atomic E-state index is -3.94. The van der Waals surface area contributed by atoms with Crippen molar-refractivity contribution in [3.05, 3.63) is 24.3 Å². The number of ether oxygens (including phenoxy) is 4. The summed E-state index contributed by atoms with van der Waals surface area (Å²) in [5.74, 6) is 0.359. The number of β-amino-alcohol motifs (C(OH)–C–C–N with tert-alkyl or cyclic N) is 1. The van der Waals surface area contributed by atoms with Gasteiger partial charge in [0.1, 0.15) is 5.75 Å². The van der Waals surface area contributed by atoms with Crippen LogP contribution in [0.5, 0.6) is 5.75 Å². The number of morpholine rings is 1. The molecular weight excluding hydrogens is 502 g/mol. The number of aliphatic hydroxyl groups excluding tert-OH is 1. The van der Waals surface area contributed by atoms with Gasteiger partial charge in [0.2, 0.25) is 15.9 Å². The zero-order chi connectivity index (χ0) is 26.3. The highest BCUT2D eigenvalue weighted by Crippen LogP contribution is 2.32. The third kappa shape index (κ3) is 7.62. The maximum Gasteiger partial charge on any atom is 0.243 e. The molecule has 11 nitrogen and oxygen atoms in total. The van der Waals surface area contributed by atoms with E-state index in [2.05, 4.69) is 10.2 Å². The third-order valence-corrected chi connectivity index (χ3v) is 8.96. The second-order valence-corrected chi connectivity index (χ2v) is 11.6. The zero-order valence-electron chi connectivity index (χ0n) is 21.4. The molecule has 208 valence electrons. The number of carbonyl (C=O) groups excluding carboxylic acids is 1. The van der Waals surface area contributed by atoms with Crippen molar-refractivity contribution in [2.24, 2.45) is 0 Å². The smallest absolute Gasteiger partial charge is 0.243 e. The highest BCUT2D eigenvalue weighted by Gasteiger charge is 2.43. The van der Waals surface area contributed by atoms with Crippen molar-refractivity contribution in [3.8, 4) is 5.75 Å². The molecule has 0 aromatic heterocycles. The minimum absolute atomic E-state index is 0.00497. The first-order valence-electron chi connectivity index (χ1n) is 13.0. The van der Waals surface area contributed by atoms with Gasteiger partial charge in [-0.2, -0.15) is 4.31 Å². The Morgan fingerprint density at radius 3 is 2.78 bits per heavy atom. The average molecular weight is 542 g/mol. The van der Waals surface area contributed by atoms with Crippen molar-refractivity contribution in [1.29, 1.82) is 0 Å². The Morgan fingerprint density at radius 1 is 1.19 bits per heavy atom. The van der Waals surface area contributed by atoms with Gasteiger partial charge in [-0.1, -0.05) is 6.07 Å². The Kier molecular flexibility index (Phi) is 10.2. The number of sulfonamides is 1. The van der Waals surface area contributed by atoms with Crippen molar-refractivity contribution in [2.45, 2.75) is 54.9 Å². The molecule has 0 unspecified atom stereocenters. The van der Waals surface area contributed by atoms with Crippen molar-refractivity contribution >= 4 is 15.9 Å². The van der Waals surface area contributed by atoms with E-state index in [0.717, 1.165) is 39.3 Å². The maximum atomic E-state index is 13.6. The summed E-state index contributed by atoms with van der Waals surface area (Å²) in [5, 5.41) is 13.4. The molecule has 4 rings (SSSR count). The van der Waals surface area contributed by atoms with Gasteiger partial charge in [0.25, 0.3) is 0 Å². The van der Waals surface area contributed by atoms with Crippen LogP contribution in [0, 0.1) is 0 Å². The molecule has 0 bridgehead atoms. The number of carbonyl (C=O) groups is 1. The SMILES string of the molecule is COc1cccc(S(=O)(=O)N2C[C@H](O)COC[C@H]3O[C@H](CC(=O)NCCCN4CCOCC4)CC[C@@H]32)c1. The summed E-state index contributed by atoms with van der Waals surface area (Å²) in [6.07, 6.45) is 0.292. The highest BCUT2D eigenvalue weighted by molar-refractivity contribution is 7.89. The van der Waals surface area contributed by atoms with Gasteiger partial charge in [-0.3, -0.25) is 9.69 Å². The van der Waals surface area contributed by atoms with Gasteiger partial charge in [0, 0.05) is 32.2 Å². The Hall–Kier alpha value is -1.80. The molecule has 1 amide bonds. The quantitative estimate of drug-likeness (QED) is 0.422. The van der Waals surface area contributed by atoms with Gasteiger partial charge >= 0.3 is 0 Å². The number of nitrogens with one attached hydrogen (secondary N) is 1. The van der Waals surface area contributed by atoms with Crippen molar-refractivity contribution in [3.63, 3.8) is 0 Å². The summed E-state index contributed by atoms with van der Waals surface area (Å²) in [4.78, 5) is 15.0.